The van der Waals surface area contributed by atoms with Gasteiger partial charge in [0.1, 0.15) is 17.0 Å². The fraction of sp³-hybridized carbons (Fsp3) is 0.636. The van der Waals surface area contributed by atoms with Crippen molar-refractivity contribution < 1.29 is 32.2 Å². The van der Waals surface area contributed by atoms with Crippen LogP contribution in [-0.4, -0.2) is 106 Å². The van der Waals surface area contributed by atoms with Gasteiger partial charge in [0.2, 0.25) is 10.0 Å². The molecule has 6 aliphatic rings. The zero-order valence-electron chi connectivity index (χ0n) is 34.3. The Hall–Kier alpha value is -3.32. The number of ether oxygens (including phenoxy) is 3. The van der Waals surface area contributed by atoms with Crippen LogP contribution in [0.3, 0.4) is 0 Å². The van der Waals surface area contributed by atoms with Crippen molar-refractivity contribution in [2.75, 3.05) is 64.4 Å². The van der Waals surface area contributed by atoms with Crippen molar-refractivity contribution in [3.05, 3.63) is 70.3 Å². The largest absolute Gasteiger partial charge is 0.490 e. The number of amides is 2. The van der Waals surface area contributed by atoms with E-state index in [0.29, 0.717) is 45.0 Å². The predicted molar refractivity (Wildman–Crippen MR) is 222 cm³/mol. The SMILES string of the molecule is CO[C@@]1(CN2CC3(C2)CN(C(=O)OC(C)(C)C)C3)/C=C\C[C@H](C)[C@@H](C)S(=O)(=O)NC(=O)c2ccc3c(c2)N(C[C@@H]2CC[C@H]21)C[C@@]1(CCCc2cc(Cl)ccc21)CO3. The molecule has 1 N–H and O–H groups in total. The van der Waals surface area contributed by atoms with Crippen LogP contribution in [-0.2, 0) is 31.3 Å². The summed E-state index contributed by atoms with van der Waals surface area (Å²) in [6.45, 7) is 15.0. The number of methoxy groups -OCH3 is 1. The first-order chi connectivity index (χ1) is 26.9. The average molecular weight is 823 g/mol. The summed E-state index contributed by atoms with van der Waals surface area (Å²) in [6.07, 6.45) is 9.55. The molecular weight excluding hydrogens is 764 g/mol. The molecule has 11 nitrogen and oxygen atoms in total. The van der Waals surface area contributed by atoms with Crippen LogP contribution >= 0.6 is 11.6 Å². The van der Waals surface area contributed by atoms with E-state index in [1.807, 2.05) is 57.9 Å². The lowest BCUT2D eigenvalue weighted by Crippen LogP contribution is -2.74. The Bertz CT molecular complexity index is 2040. The number of hydrogen-bond acceptors (Lipinski definition) is 9. The number of benzene rings is 2. The number of anilines is 1. The van der Waals surface area contributed by atoms with Gasteiger partial charge in [0.25, 0.3) is 5.91 Å². The number of fused-ring (bicyclic) bond motifs is 4. The molecule has 2 aromatic rings. The summed E-state index contributed by atoms with van der Waals surface area (Å²) < 4.78 is 48.7. The van der Waals surface area contributed by atoms with E-state index in [1.54, 1.807) is 13.0 Å². The molecule has 2 saturated heterocycles. The predicted octanol–water partition coefficient (Wildman–Crippen LogP) is 6.82. The van der Waals surface area contributed by atoms with Gasteiger partial charge in [-0.1, -0.05) is 36.7 Å². The molecule has 0 unspecified atom stereocenters. The van der Waals surface area contributed by atoms with E-state index in [1.165, 1.54) is 11.1 Å². The van der Waals surface area contributed by atoms with E-state index in [9.17, 15) is 18.0 Å². The van der Waals surface area contributed by atoms with Crippen molar-refractivity contribution in [2.24, 2.45) is 23.2 Å². The highest BCUT2D eigenvalue weighted by Crippen LogP contribution is 2.50. The second kappa shape index (κ2) is 14.7. The highest BCUT2D eigenvalue weighted by Gasteiger charge is 2.57. The van der Waals surface area contributed by atoms with Crippen LogP contribution in [0.25, 0.3) is 0 Å². The molecule has 4 aliphatic heterocycles. The third-order valence-corrected chi connectivity index (χ3v) is 16.1. The van der Waals surface area contributed by atoms with E-state index in [0.717, 1.165) is 62.4 Å². The van der Waals surface area contributed by atoms with E-state index in [2.05, 4.69) is 38.8 Å². The number of sulfonamides is 1. The van der Waals surface area contributed by atoms with Gasteiger partial charge in [-0.2, -0.15) is 0 Å². The minimum absolute atomic E-state index is 0.0674. The highest BCUT2D eigenvalue weighted by atomic mass is 35.5. The lowest BCUT2D eigenvalue weighted by atomic mass is 9.63. The molecule has 2 amide bonds. The van der Waals surface area contributed by atoms with E-state index < -0.39 is 32.4 Å². The fourth-order valence-electron chi connectivity index (χ4n) is 10.6. The Kier molecular flexibility index (Phi) is 10.5. The molecule has 6 atom stereocenters. The van der Waals surface area contributed by atoms with E-state index in [4.69, 9.17) is 25.8 Å². The second-order valence-electron chi connectivity index (χ2n) is 19.2. The molecule has 2 aromatic carbocycles. The molecule has 8 rings (SSSR count). The zero-order valence-corrected chi connectivity index (χ0v) is 35.9. The van der Waals surface area contributed by atoms with Gasteiger partial charge in [0.05, 0.1) is 17.5 Å². The van der Waals surface area contributed by atoms with Crippen molar-refractivity contribution in [3.63, 3.8) is 0 Å². The smallest absolute Gasteiger partial charge is 0.410 e. The monoisotopic (exact) mass is 822 g/mol. The summed E-state index contributed by atoms with van der Waals surface area (Å²) in [5.74, 6) is 0.286. The standard InChI is InChI=1S/C44H59ClN4O7S/c1-29-9-7-18-44(54-6,27-47-22-42(23-47)24-49(25-42)40(51)56-41(3,4)5)36-14-11-33(36)21-48-26-43(17-8-10-31-19-34(45)13-15-35(31)43)28-55-38-16-12-32(20-37(38)48)39(50)46-57(52,53)30(29)2/h7,12-13,15-16,18-20,29-30,33,36H,8-11,14,17,21-28H2,1-6H3,(H,46,50)/b18-7-/t29-,30+,33-,36+,43-,44+/m0/s1. The molecule has 4 heterocycles. The molecule has 3 fully saturated rings. The van der Waals surface area contributed by atoms with Crippen molar-refractivity contribution in [2.45, 2.75) is 95.0 Å². The number of allylic oxidation sites excluding steroid dienone is 1. The molecule has 0 radical (unpaired) electrons. The molecule has 0 aromatic heterocycles. The van der Waals surface area contributed by atoms with Gasteiger partial charge in [0.15, 0.2) is 0 Å². The molecule has 310 valence electrons. The summed E-state index contributed by atoms with van der Waals surface area (Å²) in [6, 6.07) is 11.6. The van der Waals surface area contributed by atoms with Crippen molar-refractivity contribution in [3.8, 4) is 5.75 Å². The Morgan fingerprint density at radius 2 is 1.82 bits per heavy atom. The molecule has 2 aliphatic carbocycles. The number of carbonyl (C=O) groups is 2. The molecule has 57 heavy (non-hydrogen) atoms. The van der Waals surface area contributed by atoms with Gasteiger partial charge in [-0.25, -0.2) is 17.9 Å². The number of aryl methyl sites for hydroxylation is 1. The van der Waals surface area contributed by atoms with Crippen LogP contribution in [0.2, 0.25) is 5.02 Å². The number of carbonyl (C=O) groups excluding carboxylic acids is 2. The Labute approximate surface area is 343 Å². The van der Waals surface area contributed by atoms with E-state index >= 15 is 0 Å². The van der Waals surface area contributed by atoms with Gasteiger partial charge < -0.3 is 24.0 Å². The molecular formula is C44H59ClN4O7S. The van der Waals surface area contributed by atoms with Crippen molar-refractivity contribution in [1.82, 2.24) is 14.5 Å². The quantitative estimate of drug-likeness (QED) is 0.333. The summed E-state index contributed by atoms with van der Waals surface area (Å²) in [7, 11) is -2.18. The first-order valence-corrected chi connectivity index (χ1v) is 22.7. The Morgan fingerprint density at radius 3 is 2.53 bits per heavy atom. The number of halogens is 1. The highest BCUT2D eigenvalue weighted by molar-refractivity contribution is 7.90. The van der Waals surface area contributed by atoms with Crippen LogP contribution in [0.1, 0.15) is 88.2 Å². The summed E-state index contributed by atoms with van der Waals surface area (Å²) in [5, 5.41) is -0.0791. The fourth-order valence-corrected chi connectivity index (χ4v) is 12.1. The van der Waals surface area contributed by atoms with Crippen LogP contribution in [0.5, 0.6) is 5.75 Å². The third-order valence-electron chi connectivity index (χ3n) is 13.9. The maximum absolute atomic E-state index is 13.7. The summed E-state index contributed by atoms with van der Waals surface area (Å²) in [4.78, 5) is 33.1. The maximum atomic E-state index is 13.7. The average Bonchev–Trinajstić information content (AvgIpc) is 3.25. The normalized spacial score (nSPS) is 32.6. The van der Waals surface area contributed by atoms with Gasteiger partial charge in [-0.15, -0.1) is 0 Å². The van der Waals surface area contributed by atoms with Crippen LogP contribution in [0.4, 0.5) is 10.5 Å². The minimum Gasteiger partial charge on any atom is -0.490 e. The minimum atomic E-state index is -3.99. The van der Waals surface area contributed by atoms with Gasteiger partial charge in [-0.05, 0) is 125 Å². The van der Waals surface area contributed by atoms with Crippen LogP contribution in [0, 0.1) is 23.2 Å². The first-order valence-electron chi connectivity index (χ1n) is 20.7. The molecule has 1 saturated carbocycles. The first kappa shape index (κ1) is 40.5. The Morgan fingerprint density at radius 1 is 1.05 bits per heavy atom. The number of hydrogen-bond donors (Lipinski definition) is 1. The molecule has 13 heteroatoms. The third kappa shape index (κ3) is 7.69. The van der Waals surface area contributed by atoms with E-state index in [-0.39, 0.29) is 40.2 Å². The van der Waals surface area contributed by atoms with Gasteiger partial charge in [0, 0.05) is 74.3 Å². The van der Waals surface area contributed by atoms with Crippen LogP contribution < -0.4 is 14.4 Å². The number of nitrogens with one attached hydrogen (secondary N) is 1. The van der Waals surface area contributed by atoms with Gasteiger partial charge in [-0.3, -0.25) is 9.69 Å². The topological polar surface area (TPSA) is 118 Å². The summed E-state index contributed by atoms with van der Waals surface area (Å²) in [5.41, 5.74) is 2.24. The number of nitrogens with zero attached hydrogens (tertiary/aromatic N) is 3. The van der Waals surface area contributed by atoms with Crippen molar-refractivity contribution in [1.29, 1.82) is 0 Å². The molecule has 2 bridgehead atoms. The zero-order chi connectivity index (χ0) is 40.5. The maximum Gasteiger partial charge on any atom is 0.410 e. The van der Waals surface area contributed by atoms with Crippen LogP contribution in [0.15, 0.2) is 48.6 Å². The summed E-state index contributed by atoms with van der Waals surface area (Å²) >= 11 is 6.51. The lowest BCUT2D eigenvalue weighted by molar-refractivity contribution is -0.152. The van der Waals surface area contributed by atoms with Crippen molar-refractivity contribution >= 4 is 39.3 Å². The lowest BCUT2D eigenvalue weighted by Gasteiger charge is -2.62. The Balaban J connectivity index is 1.12. The second-order valence-corrected chi connectivity index (χ2v) is 21.6. The number of likely N-dealkylation sites (tertiary alicyclic amines) is 2. The number of rotatable bonds is 3. The molecule has 2 spiro atoms. The van der Waals surface area contributed by atoms with Gasteiger partial charge >= 0.3 is 6.09 Å².